The van der Waals surface area contributed by atoms with Crippen molar-refractivity contribution in [3.63, 3.8) is 0 Å². The molecule has 0 amide bonds. The monoisotopic (exact) mass is 245 g/mol. The molecule has 1 unspecified atom stereocenters. The van der Waals surface area contributed by atoms with Gasteiger partial charge >= 0.3 is 0 Å². The highest BCUT2D eigenvalue weighted by molar-refractivity contribution is 5.38. The molecule has 100 valence electrons. The summed E-state index contributed by atoms with van der Waals surface area (Å²) in [6.07, 6.45) is 8.08. The van der Waals surface area contributed by atoms with Gasteiger partial charge in [0.1, 0.15) is 0 Å². The lowest BCUT2D eigenvalue weighted by atomic mass is 9.86. The molecule has 1 atom stereocenters. The van der Waals surface area contributed by atoms with Gasteiger partial charge in [-0.25, -0.2) is 0 Å². The van der Waals surface area contributed by atoms with Gasteiger partial charge in [-0.2, -0.15) is 0 Å². The van der Waals surface area contributed by atoms with Crippen LogP contribution in [0.2, 0.25) is 0 Å². The Balaban J connectivity index is 1.99. The van der Waals surface area contributed by atoms with E-state index in [4.69, 9.17) is 0 Å². The summed E-state index contributed by atoms with van der Waals surface area (Å²) < 4.78 is 0. The van der Waals surface area contributed by atoms with E-state index in [1.807, 2.05) is 0 Å². The van der Waals surface area contributed by atoms with E-state index in [1.165, 1.54) is 44.1 Å². The first-order valence-electron chi connectivity index (χ1n) is 7.64. The summed E-state index contributed by atoms with van der Waals surface area (Å²) in [6, 6.07) is 6.88. The van der Waals surface area contributed by atoms with Gasteiger partial charge in [0, 0.05) is 6.54 Å². The lowest BCUT2D eigenvalue weighted by Gasteiger charge is -2.23. The Morgan fingerprint density at radius 1 is 1.22 bits per heavy atom. The molecule has 1 aliphatic heterocycles. The van der Waals surface area contributed by atoms with E-state index in [-0.39, 0.29) is 0 Å². The van der Waals surface area contributed by atoms with Crippen LogP contribution in [-0.2, 0) is 13.0 Å². The van der Waals surface area contributed by atoms with Crippen molar-refractivity contribution < 1.29 is 0 Å². The van der Waals surface area contributed by atoms with E-state index in [0.29, 0.717) is 0 Å². The lowest BCUT2D eigenvalue weighted by molar-refractivity contribution is 0.569. The van der Waals surface area contributed by atoms with Gasteiger partial charge in [-0.05, 0) is 42.0 Å². The average molecular weight is 245 g/mol. The molecule has 1 aliphatic rings. The Labute approximate surface area is 112 Å². The number of hydrogen-bond donors (Lipinski definition) is 1. The molecule has 1 heterocycles. The van der Waals surface area contributed by atoms with E-state index >= 15 is 0 Å². The summed E-state index contributed by atoms with van der Waals surface area (Å²) in [5, 5.41) is 3.47. The van der Waals surface area contributed by atoms with Crippen molar-refractivity contribution in [3.8, 4) is 0 Å². The van der Waals surface area contributed by atoms with Crippen molar-refractivity contribution >= 4 is 0 Å². The molecule has 0 fully saturated rings. The molecule has 2 rings (SSSR count). The Bertz CT molecular complexity index is 370. The quantitative estimate of drug-likeness (QED) is 0.732. The number of unbranched alkanes of at least 4 members (excludes halogenated alkanes) is 3. The zero-order valence-corrected chi connectivity index (χ0v) is 12.0. The second-order valence-corrected chi connectivity index (χ2v) is 5.66. The topological polar surface area (TPSA) is 12.0 Å². The smallest absolute Gasteiger partial charge is 0.0208 e. The van der Waals surface area contributed by atoms with Gasteiger partial charge in [0.05, 0.1) is 0 Å². The largest absolute Gasteiger partial charge is 0.312 e. The van der Waals surface area contributed by atoms with E-state index in [2.05, 4.69) is 37.4 Å². The van der Waals surface area contributed by atoms with E-state index in [9.17, 15) is 0 Å². The Hall–Kier alpha value is -0.820. The Morgan fingerprint density at radius 2 is 2.11 bits per heavy atom. The standard InChI is InChI=1S/C17H27N/c1-3-4-5-6-8-14(2)16-10-7-9-15-13-18-12-11-17(15)16/h7,9-10,14,18H,3-6,8,11-13H2,1-2H3. The summed E-state index contributed by atoms with van der Waals surface area (Å²) in [4.78, 5) is 0. The maximum atomic E-state index is 3.47. The zero-order chi connectivity index (χ0) is 12.8. The Kier molecular flexibility index (Phi) is 5.25. The molecular weight excluding hydrogens is 218 g/mol. The van der Waals surface area contributed by atoms with Gasteiger partial charge in [0.25, 0.3) is 0 Å². The molecule has 0 saturated heterocycles. The fourth-order valence-electron chi connectivity index (χ4n) is 3.06. The minimum absolute atomic E-state index is 0.731. The molecule has 1 nitrogen and oxygen atoms in total. The minimum atomic E-state index is 0.731. The molecule has 1 N–H and O–H groups in total. The molecule has 1 heteroatoms. The number of rotatable bonds is 6. The molecule has 1 aromatic rings. The van der Waals surface area contributed by atoms with Crippen molar-refractivity contribution in [2.24, 2.45) is 0 Å². The molecule has 0 aromatic heterocycles. The van der Waals surface area contributed by atoms with Gasteiger partial charge in [-0.1, -0.05) is 57.7 Å². The summed E-state index contributed by atoms with van der Waals surface area (Å²) in [6.45, 7) is 6.89. The molecule has 0 radical (unpaired) electrons. The SMILES string of the molecule is CCCCCCC(C)c1cccc2c1CCNC2. The third-order valence-corrected chi connectivity index (χ3v) is 4.20. The zero-order valence-electron chi connectivity index (χ0n) is 12.0. The highest BCUT2D eigenvalue weighted by Crippen LogP contribution is 2.28. The van der Waals surface area contributed by atoms with Crippen molar-refractivity contribution in [1.29, 1.82) is 0 Å². The third-order valence-electron chi connectivity index (χ3n) is 4.20. The first-order chi connectivity index (χ1) is 8.83. The van der Waals surface area contributed by atoms with Crippen LogP contribution in [0.1, 0.15) is 68.6 Å². The number of hydrogen-bond acceptors (Lipinski definition) is 1. The van der Waals surface area contributed by atoms with Crippen molar-refractivity contribution in [3.05, 3.63) is 34.9 Å². The highest BCUT2D eigenvalue weighted by atomic mass is 14.9. The van der Waals surface area contributed by atoms with Crippen molar-refractivity contribution in [1.82, 2.24) is 5.32 Å². The number of fused-ring (bicyclic) bond motifs is 1. The third kappa shape index (κ3) is 3.35. The van der Waals surface area contributed by atoms with E-state index in [1.54, 1.807) is 11.1 Å². The highest BCUT2D eigenvalue weighted by Gasteiger charge is 2.15. The second kappa shape index (κ2) is 6.94. The normalized spacial score (nSPS) is 16.3. The Morgan fingerprint density at radius 3 is 2.94 bits per heavy atom. The maximum Gasteiger partial charge on any atom is 0.0208 e. The first kappa shape index (κ1) is 13.6. The van der Waals surface area contributed by atoms with Crippen LogP contribution in [0.4, 0.5) is 0 Å². The van der Waals surface area contributed by atoms with Crippen LogP contribution in [0, 0.1) is 0 Å². The average Bonchev–Trinajstić information content (AvgIpc) is 2.43. The van der Waals surface area contributed by atoms with Gasteiger partial charge in [0.2, 0.25) is 0 Å². The van der Waals surface area contributed by atoms with Gasteiger partial charge in [-0.15, -0.1) is 0 Å². The van der Waals surface area contributed by atoms with Crippen LogP contribution in [0.25, 0.3) is 0 Å². The van der Waals surface area contributed by atoms with Crippen LogP contribution >= 0.6 is 0 Å². The predicted molar refractivity (Wildman–Crippen MR) is 79.0 cm³/mol. The second-order valence-electron chi connectivity index (χ2n) is 5.66. The molecular formula is C17H27N. The summed E-state index contributed by atoms with van der Waals surface area (Å²) in [7, 11) is 0. The molecule has 0 spiro atoms. The predicted octanol–water partition coefficient (Wildman–Crippen LogP) is 4.41. The van der Waals surface area contributed by atoms with Gasteiger partial charge in [0.15, 0.2) is 0 Å². The number of benzene rings is 1. The van der Waals surface area contributed by atoms with Crippen LogP contribution < -0.4 is 5.32 Å². The summed E-state index contributed by atoms with van der Waals surface area (Å²) >= 11 is 0. The van der Waals surface area contributed by atoms with Gasteiger partial charge < -0.3 is 5.32 Å². The van der Waals surface area contributed by atoms with Crippen LogP contribution in [-0.4, -0.2) is 6.54 Å². The summed E-state index contributed by atoms with van der Waals surface area (Å²) in [5.74, 6) is 0.731. The van der Waals surface area contributed by atoms with Crippen LogP contribution in [0.3, 0.4) is 0 Å². The van der Waals surface area contributed by atoms with Gasteiger partial charge in [-0.3, -0.25) is 0 Å². The maximum absolute atomic E-state index is 3.47. The van der Waals surface area contributed by atoms with Crippen LogP contribution in [0.5, 0.6) is 0 Å². The molecule has 0 bridgehead atoms. The first-order valence-corrected chi connectivity index (χ1v) is 7.64. The summed E-state index contributed by atoms with van der Waals surface area (Å²) in [5.41, 5.74) is 4.78. The fourth-order valence-corrected chi connectivity index (χ4v) is 3.06. The van der Waals surface area contributed by atoms with Crippen molar-refractivity contribution in [2.75, 3.05) is 6.54 Å². The van der Waals surface area contributed by atoms with E-state index < -0.39 is 0 Å². The lowest BCUT2D eigenvalue weighted by Crippen LogP contribution is -2.24. The van der Waals surface area contributed by atoms with E-state index in [0.717, 1.165) is 19.0 Å². The molecule has 18 heavy (non-hydrogen) atoms. The number of nitrogens with one attached hydrogen (secondary N) is 1. The molecule has 0 aliphatic carbocycles. The minimum Gasteiger partial charge on any atom is -0.312 e. The van der Waals surface area contributed by atoms with Crippen LogP contribution in [0.15, 0.2) is 18.2 Å². The fraction of sp³-hybridized carbons (Fsp3) is 0.647. The molecule has 0 saturated carbocycles. The van der Waals surface area contributed by atoms with Crippen molar-refractivity contribution in [2.45, 2.75) is 64.8 Å². The molecule has 1 aromatic carbocycles.